The SMILES string of the molecule is CN(C)c1cncc(-c2ccc3c(c2)N(S(=O)(=O)c2cccc(C(F)(F)F)c2)CCO3)n1. The van der Waals surface area contributed by atoms with E-state index in [9.17, 15) is 21.6 Å². The van der Waals surface area contributed by atoms with Gasteiger partial charge in [0.1, 0.15) is 18.2 Å². The lowest BCUT2D eigenvalue weighted by atomic mass is 10.1. The molecule has 0 amide bonds. The molecule has 4 rings (SSSR count). The summed E-state index contributed by atoms with van der Waals surface area (Å²) in [6.45, 7) is 0.0267. The van der Waals surface area contributed by atoms with Gasteiger partial charge in [-0.3, -0.25) is 9.29 Å². The molecular formula is C21H19F3N4O3S. The van der Waals surface area contributed by atoms with Crippen LogP contribution in [0.3, 0.4) is 0 Å². The molecular weight excluding hydrogens is 445 g/mol. The Labute approximate surface area is 183 Å². The predicted molar refractivity (Wildman–Crippen MR) is 113 cm³/mol. The highest BCUT2D eigenvalue weighted by molar-refractivity contribution is 7.92. The number of hydrogen-bond donors (Lipinski definition) is 0. The van der Waals surface area contributed by atoms with E-state index in [4.69, 9.17) is 4.74 Å². The fraction of sp³-hybridized carbons (Fsp3) is 0.238. The van der Waals surface area contributed by atoms with Gasteiger partial charge in [-0.15, -0.1) is 0 Å². The van der Waals surface area contributed by atoms with Gasteiger partial charge in [-0.25, -0.2) is 13.4 Å². The second-order valence-corrected chi connectivity index (χ2v) is 9.15. The number of alkyl halides is 3. The second-order valence-electron chi connectivity index (χ2n) is 7.29. The predicted octanol–water partition coefficient (Wildman–Crippen LogP) is 3.82. The molecule has 32 heavy (non-hydrogen) atoms. The van der Waals surface area contributed by atoms with E-state index < -0.39 is 26.7 Å². The Balaban J connectivity index is 1.78. The van der Waals surface area contributed by atoms with Gasteiger partial charge in [0.05, 0.1) is 40.8 Å². The number of halogens is 3. The molecule has 1 aromatic heterocycles. The molecule has 0 spiro atoms. The minimum Gasteiger partial charge on any atom is -0.489 e. The van der Waals surface area contributed by atoms with Gasteiger partial charge in [0.15, 0.2) is 0 Å². The van der Waals surface area contributed by atoms with Crippen molar-refractivity contribution in [2.24, 2.45) is 0 Å². The van der Waals surface area contributed by atoms with E-state index in [1.807, 2.05) is 14.1 Å². The maximum Gasteiger partial charge on any atom is 0.416 e. The number of sulfonamides is 1. The molecule has 0 radical (unpaired) electrons. The molecule has 0 saturated heterocycles. The van der Waals surface area contributed by atoms with Crippen molar-refractivity contribution in [2.45, 2.75) is 11.1 Å². The minimum atomic E-state index is -4.66. The number of fused-ring (bicyclic) bond motifs is 1. The maximum absolute atomic E-state index is 13.3. The van der Waals surface area contributed by atoms with Gasteiger partial charge in [0.2, 0.25) is 0 Å². The largest absolute Gasteiger partial charge is 0.489 e. The Morgan fingerprint density at radius 1 is 1.09 bits per heavy atom. The third kappa shape index (κ3) is 4.07. The molecule has 0 fully saturated rings. The average Bonchev–Trinajstić information content (AvgIpc) is 2.78. The summed E-state index contributed by atoms with van der Waals surface area (Å²) in [5.41, 5.74) is 0.301. The van der Waals surface area contributed by atoms with E-state index in [2.05, 4.69) is 9.97 Å². The Kier molecular flexibility index (Phi) is 5.45. The molecule has 3 aromatic rings. The number of ether oxygens (including phenoxy) is 1. The molecule has 0 N–H and O–H groups in total. The highest BCUT2D eigenvalue weighted by Crippen LogP contribution is 2.39. The number of benzene rings is 2. The standard InChI is InChI=1S/C21H19F3N4O3S/c1-27(2)20-13-25-12-17(26-20)14-6-7-19-18(10-14)28(8-9-31-19)32(29,30)16-5-3-4-15(11-16)21(22,23)24/h3-7,10-13H,8-9H2,1-2H3. The Morgan fingerprint density at radius 3 is 2.59 bits per heavy atom. The van der Waals surface area contributed by atoms with Gasteiger partial charge in [0.25, 0.3) is 10.0 Å². The van der Waals surface area contributed by atoms with Crippen molar-refractivity contribution in [1.82, 2.24) is 9.97 Å². The second kappa shape index (κ2) is 7.97. The van der Waals surface area contributed by atoms with Crippen LogP contribution < -0.4 is 13.9 Å². The van der Waals surface area contributed by atoms with E-state index in [0.29, 0.717) is 28.9 Å². The van der Waals surface area contributed by atoms with E-state index >= 15 is 0 Å². The minimum absolute atomic E-state index is 0.0432. The van der Waals surface area contributed by atoms with Crippen molar-refractivity contribution in [1.29, 1.82) is 0 Å². The smallest absolute Gasteiger partial charge is 0.416 e. The van der Waals surface area contributed by atoms with E-state index in [1.54, 1.807) is 35.5 Å². The molecule has 0 unspecified atom stereocenters. The van der Waals surface area contributed by atoms with Crippen LogP contribution in [-0.4, -0.2) is 45.6 Å². The Bertz CT molecular complexity index is 1260. The van der Waals surface area contributed by atoms with Gasteiger partial charge >= 0.3 is 6.18 Å². The zero-order chi connectivity index (χ0) is 23.1. The highest BCUT2D eigenvalue weighted by atomic mass is 32.2. The number of rotatable bonds is 4. The van der Waals surface area contributed by atoms with Crippen LogP contribution in [0.4, 0.5) is 24.7 Å². The van der Waals surface area contributed by atoms with Crippen LogP contribution in [0.2, 0.25) is 0 Å². The molecule has 0 aliphatic carbocycles. The molecule has 2 heterocycles. The lowest BCUT2D eigenvalue weighted by Gasteiger charge is -2.31. The lowest BCUT2D eigenvalue weighted by Crippen LogP contribution is -2.38. The lowest BCUT2D eigenvalue weighted by molar-refractivity contribution is -0.137. The first kappa shape index (κ1) is 21.9. The Morgan fingerprint density at radius 2 is 1.88 bits per heavy atom. The van der Waals surface area contributed by atoms with Crippen molar-refractivity contribution in [3.05, 3.63) is 60.4 Å². The number of anilines is 2. The first-order valence-corrected chi connectivity index (χ1v) is 11.0. The van der Waals surface area contributed by atoms with Crippen molar-refractivity contribution in [2.75, 3.05) is 36.5 Å². The quantitative estimate of drug-likeness (QED) is 0.585. The third-order valence-electron chi connectivity index (χ3n) is 4.90. The summed E-state index contributed by atoms with van der Waals surface area (Å²) in [5, 5.41) is 0. The Hall–Kier alpha value is -3.34. The van der Waals surface area contributed by atoms with Crippen LogP contribution in [0, 0.1) is 0 Å². The monoisotopic (exact) mass is 464 g/mol. The molecule has 0 saturated carbocycles. The summed E-state index contributed by atoms with van der Waals surface area (Å²) in [4.78, 5) is 10.0. The van der Waals surface area contributed by atoms with E-state index in [0.717, 1.165) is 22.5 Å². The molecule has 1 aliphatic heterocycles. The molecule has 1 aliphatic rings. The molecule has 11 heteroatoms. The first-order chi connectivity index (χ1) is 15.1. The first-order valence-electron chi connectivity index (χ1n) is 9.54. The van der Waals surface area contributed by atoms with E-state index in [1.165, 1.54) is 0 Å². The number of hydrogen-bond acceptors (Lipinski definition) is 6. The third-order valence-corrected chi connectivity index (χ3v) is 6.71. The summed E-state index contributed by atoms with van der Waals surface area (Å²) in [6.07, 6.45) is -1.52. The van der Waals surface area contributed by atoms with E-state index in [-0.39, 0.29) is 18.8 Å². The summed E-state index contributed by atoms with van der Waals surface area (Å²) in [5.74, 6) is 0.928. The van der Waals surface area contributed by atoms with Gasteiger partial charge < -0.3 is 9.64 Å². The van der Waals surface area contributed by atoms with Crippen LogP contribution in [0.15, 0.2) is 59.8 Å². The molecule has 2 aromatic carbocycles. The van der Waals surface area contributed by atoms with Crippen LogP contribution in [0.1, 0.15) is 5.56 Å². The maximum atomic E-state index is 13.3. The van der Waals surface area contributed by atoms with Gasteiger partial charge in [-0.1, -0.05) is 6.07 Å². The van der Waals surface area contributed by atoms with Gasteiger partial charge in [-0.2, -0.15) is 13.2 Å². The number of aromatic nitrogens is 2. The summed E-state index contributed by atoms with van der Waals surface area (Å²) in [7, 11) is -0.635. The zero-order valence-electron chi connectivity index (χ0n) is 17.2. The van der Waals surface area contributed by atoms with Crippen molar-refractivity contribution >= 4 is 21.5 Å². The normalized spacial score (nSPS) is 14.0. The van der Waals surface area contributed by atoms with Crippen molar-refractivity contribution < 1.29 is 26.3 Å². The summed E-state index contributed by atoms with van der Waals surface area (Å²) >= 11 is 0. The van der Waals surface area contributed by atoms with Crippen LogP contribution in [-0.2, 0) is 16.2 Å². The topological polar surface area (TPSA) is 75.6 Å². The summed E-state index contributed by atoms with van der Waals surface area (Å²) in [6, 6.07) is 8.63. The zero-order valence-corrected chi connectivity index (χ0v) is 18.0. The summed E-state index contributed by atoms with van der Waals surface area (Å²) < 4.78 is 72.6. The number of nitrogens with zero attached hydrogens (tertiary/aromatic N) is 4. The molecule has 0 atom stereocenters. The molecule has 7 nitrogen and oxygen atoms in total. The van der Waals surface area contributed by atoms with Crippen LogP contribution in [0.5, 0.6) is 5.75 Å². The van der Waals surface area contributed by atoms with Gasteiger partial charge in [-0.05, 0) is 36.4 Å². The molecule has 0 bridgehead atoms. The van der Waals surface area contributed by atoms with Gasteiger partial charge in [0, 0.05) is 19.7 Å². The van der Waals surface area contributed by atoms with Crippen molar-refractivity contribution in [3.63, 3.8) is 0 Å². The average molecular weight is 464 g/mol. The van der Waals surface area contributed by atoms with Crippen LogP contribution in [0.25, 0.3) is 11.3 Å². The fourth-order valence-electron chi connectivity index (χ4n) is 3.27. The molecule has 168 valence electrons. The highest BCUT2D eigenvalue weighted by Gasteiger charge is 2.34. The van der Waals surface area contributed by atoms with Crippen LogP contribution >= 0.6 is 0 Å². The van der Waals surface area contributed by atoms with Crippen molar-refractivity contribution in [3.8, 4) is 17.0 Å². The fourth-order valence-corrected chi connectivity index (χ4v) is 4.77.